The summed E-state index contributed by atoms with van der Waals surface area (Å²) >= 11 is 1.45. The van der Waals surface area contributed by atoms with Crippen molar-refractivity contribution in [2.45, 2.75) is 32.6 Å². The van der Waals surface area contributed by atoms with Gasteiger partial charge in [0.15, 0.2) is 6.61 Å². The summed E-state index contributed by atoms with van der Waals surface area (Å²) in [5.74, 6) is -1.02. The minimum atomic E-state index is -0.579. The van der Waals surface area contributed by atoms with Gasteiger partial charge in [-0.15, -0.1) is 11.3 Å². The maximum absolute atomic E-state index is 11.9. The molecule has 120 valence electrons. The number of ether oxygens (including phenoxy) is 1. The van der Waals surface area contributed by atoms with Crippen LogP contribution in [0.15, 0.2) is 24.3 Å². The molecule has 0 spiro atoms. The van der Waals surface area contributed by atoms with Gasteiger partial charge >= 0.3 is 5.97 Å². The van der Waals surface area contributed by atoms with E-state index in [1.807, 2.05) is 6.92 Å². The number of aryl methyl sites for hydroxylation is 1. The molecular formula is C17H18N2O3S. The molecule has 23 heavy (non-hydrogen) atoms. The number of allylic oxidation sites excluding steroid dienone is 3. The van der Waals surface area contributed by atoms with Gasteiger partial charge in [0.1, 0.15) is 11.1 Å². The van der Waals surface area contributed by atoms with Gasteiger partial charge in [-0.1, -0.05) is 18.2 Å². The van der Waals surface area contributed by atoms with Crippen LogP contribution in [0, 0.1) is 11.3 Å². The topological polar surface area (TPSA) is 79.2 Å². The van der Waals surface area contributed by atoms with Gasteiger partial charge in [0.25, 0.3) is 5.91 Å². The van der Waals surface area contributed by atoms with Crippen LogP contribution in [0.5, 0.6) is 0 Å². The van der Waals surface area contributed by atoms with Crippen LogP contribution in [0.2, 0.25) is 0 Å². The van der Waals surface area contributed by atoms with Crippen molar-refractivity contribution in [2.24, 2.45) is 0 Å². The SMILES string of the molecule is C/C=C/C=C/C(=O)OCC(=O)Nc1sc2c(c1C#N)CCCC2. The highest BCUT2D eigenvalue weighted by Gasteiger charge is 2.21. The molecule has 5 nitrogen and oxygen atoms in total. The molecule has 1 heterocycles. The molecule has 1 aliphatic carbocycles. The van der Waals surface area contributed by atoms with Gasteiger partial charge in [-0.2, -0.15) is 5.26 Å². The number of nitriles is 1. The van der Waals surface area contributed by atoms with Gasteiger partial charge < -0.3 is 10.1 Å². The van der Waals surface area contributed by atoms with E-state index >= 15 is 0 Å². The van der Waals surface area contributed by atoms with E-state index in [9.17, 15) is 14.9 Å². The van der Waals surface area contributed by atoms with Crippen molar-refractivity contribution in [3.63, 3.8) is 0 Å². The molecule has 0 atom stereocenters. The van der Waals surface area contributed by atoms with Gasteiger partial charge in [0.2, 0.25) is 0 Å². The summed E-state index contributed by atoms with van der Waals surface area (Å²) < 4.78 is 4.85. The lowest BCUT2D eigenvalue weighted by atomic mass is 9.96. The Kier molecular flexibility index (Phi) is 6.12. The highest BCUT2D eigenvalue weighted by atomic mass is 32.1. The van der Waals surface area contributed by atoms with Gasteiger partial charge in [-0.05, 0) is 38.2 Å². The summed E-state index contributed by atoms with van der Waals surface area (Å²) in [5.41, 5.74) is 1.61. The Hall–Kier alpha value is -2.39. The first kappa shape index (κ1) is 17.0. The fourth-order valence-electron chi connectivity index (χ4n) is 2.36. The number of nitrogens with one attached hydrogen (secondary N) is 1. The molecule has 2 rings (SSSR count). The lowest BCUT2D eigenvalue weighted by Crippen LogP contribution is -2.20. The van der Waals surface area contributed by atoms with E-state index in [0.717, 1.165) is 31.2 Å². The molecule has 0 bridgehead atoms. The summed E-state index contributed by atoms with van der Waals surface area (Å²) in [5, 5.41) is 12.6. The van der Waals surface area contributed by atoms with E-state index in [-0.39, 0.29) is 6.61 Å². The number of anilines is 1. The number of nitrogens with zero attached hydrogens (tertiary/aromatic N) is 1. The number of carbonyl (C=O) groups excluding carboxylic acids is 2. The monoisotopic (exact) mass is 330 g/mol. The molecule has 0 aromatic carbocycles. The molecule has 0 aliphatic heterocycles. The Morgan fingerprint density at radius 2 is 2.13 bits per heavy atom. The van der Waals surface area contributed by atoms with E-state index in [4.69, 9.17) is 4.74 Å². The normalized spacial score (nSPS) is 13.7. The third-order valence-electron chi connectivity index (χ3n) is 3.42. The summed E-state index contributed by atoms with van der Waals surface area (Å²) in [7, 11) is 0. The first-order valence-corrected chi connectivity index (χ1v) is 8.28. The van der Waals surface area contributed by atoms with E-state index in [2.05, 4.69) is 11.4 Å². The van der Waals surface area contributed by atoms with E-state index in [1.165, 1.54) is 22.3 Å². The van der Waals surface area contributed by atoms with Crippen LogP contribution >= 0.6 is 11.3 Å². The fraction of sp³-hybridized carbons (Fsp3) is 0.353. The molecular weight excluding hydrogens is 312 g/mol. The Morgan fingerprint density at radius 3 is 2.87 bits per heavy atom. The van der Waals surface area contributed by atoms with Gasteiger partial charge in [-0.25, -0.2) is 4.79 Å². The third-order valence-corrected chi connectivity index (χ3v) is 4.62. The molecule has 1 aliphatic rings. The molecule has 1 aromatic rings. The molecule has 6 heteroatoms. The molecule has 1 amide bonds. The van der Waals surface area contributed by atoms with Gasteiger partial charge in [0, 0.05) is 11.0 Å². The van der Waals surface area contributed by atoms with Crippen LogP contribution in [-0.4, -0.2) is 18.5 Å². The van der Waals surface area contributed by atoms with Crippen molar-refractivity contribution in [1.82, 2.24) is 0 Å². The quantitative estimate of drug-likeness (QED) is 0.511. The van der Waals surface area contributed by atoms with Crippen molar-refractivity contribution in [2.75, 3.05) is 11.9 Å². The lowest BCUT2D eigenvalue weighted by Gasteiger charge is -2.09. The highest BCUT2D eigenvalue weighted by molar-refractivity contribution is 7.16. The second-order valence-corrected chi connectivity index (χ2v) is 6.17. The summed E-state index contributed by atoms with van der Waals surface area (Å²) in [6.45, 7) is 1.46. The summed E-state index contributed by atoms with van der Waals surface area (Å²) in [6, 6.07) is 2.18. The molecule has 0 saturated heterocycles. The zero-order chi connectivity index (χ0) is 16.7. The van der Waals surface area contributed by atoms with Crippen LogP contribution in [0.4, 0.5) is 5.00 Å². The van der Waals surface area contributed by atoms with Gasteiger partial charge in [0.05, 0.1) is 5.56 Å². The first-order valence-electron chi connectivity index (χ1n) is 7.46. The molecule has 0 saturated carbocycles. The van der Waals surface area contributed by atoms with Crippen molar-refractivity contribution >= 4 is 28.2 Å². The van der Waals surface area contributed by atoms with Crippen molar-refractivity contribution in [1.29, 1.82) is 5.26 Å². The molecule has 1 aromatic heterocycles. The molecule has 1 N–H and O–H groups in total. The smallest absolute Gasteiger partial charge is 0.331 e. The van der Waals surface area contributed by atoms with Crippen LogP contribution < -0.4 is 5.32 Å². The highest BCUT2D eigenvalue weighted by Crippen LogP contribution is 2.37. The average molecular weight is 330 g/mol. The third kappa shape index (κ3) is 4.54. The number of hydrogen-bond donors (Lipinski definition) is 1. The number of rotatable bonds is 5. The van der Waals surface area contributed by atoms with Crippen LogP contribution in [0.1, 0.15) is 35.8 Å². The fourth-order valence-corrected chi connectivity index (χ4v) is 3.62. The molecule has 0 fully saturated rings. The number of fused-ring (bicyclic) bond motifs is 1. The Bertz CT molecular complexity index is 695. The first-order chi connectivity index (χ1) is 11.2. The number of amides is 1. The second-order valence-electron chi connectivity index (χ2n) is 5.07. The Balaban J connectivity index is 1.94. The Morgan fingerprint density at radius 1 is 1.35 bits per heavy atom. The maximum atomic E-state index is 11.9. The zero-order valence-electron chi connectivity index (χ0n) is 12.9. The van der Waals surface area contributed by atoms with Crippen LogP contribution in [0.3, 0.4) is 0 Å². The molecule has 0 unspecified atom stereocenters. The van der Waals surface area contributed by atoms with Crippen molar-refractivity contribution in [3.8, 4) is 6.07 Å². The summed E-state index contributed by atoms with van der Waals surface area (Å²) in [4.78, 5) is 24.5. The largest absolute Gasteiger partial charge is 0.452 e. The minimum Gasteiger partial charge on any atom is -0.452 e. The van der Waals surface area contributed by atoms with Crippen LogP contribution in [-0.2, 0) is 27.2 Å². The van der Waals surface area contributed by atoms with E-state index in [1.54, 1.807) is 18.2 Å². The number of thiophene rings is 1. The lowest BCUT2D eigenvalue weighted by molar-refractivity contribution is -0.142. The zero-order valence-corrected chi connectivity index (χ0v) is 13.7. The Labute approximate surface area is 139 Å². The number of hydrogen-bond acceptors (Lipinski definition) is 5. The van der Waals surface area contributed by atoms with Crippen LogP contribution in [0.25, 0.3) is 0 Å². The predicted octanol–water partition coefficient (Wildman–Crippen LogP) is 3.11. The average Bonchev–Trinajstić information content (AvgIpc) is 2.90. The predicted molar refractivity (Wildman–Crippen MR) is 89.2 cm³/mol. The van der Waals surface area contributed by atoms with Gasteiger partial charge in [-0.3, -0.25) is 4.79 Å². The van der Waals surface area contributed by atoms with Crippen molar-refractivity contribution in [3.05, 3.63) is 40.3 Å². The van der Waals surface area contributed by atoms with Crippen molar-refractivity contribution < 1.29 is 14.3 Å². The maximum Gasteiger partial charge on any atom is 0.331 e. The van der Waals surface area contributed by atoms with E-state index in [0.29, 0.717) is 10.6 Å². The standard InChI is InChI=1S/C17H18N2O3S/c1-2-3-4-9-16(21)22-11-15(20)19-17-13(10-18)12-7-5-6-8-14(12)23-17/h2-4,9H,5-8,11H2,1H3,(H,19,20)/b3-2+,9-4+. The number of carbonyl (C=O) groups is 2. The second kappa shape index (κ2) is 8.30. The molecule has 0 radical (unpaired) electrons. The van der Waals surface area contributed by atoms with E-state index < -0.39 is 11.9 Å². The minimum absolute atomic E-state index is 0.369. The summed E-state index contributed by atoms with van der Waals surface area (Å²) in [6.07, 6.45) is 10.3. The number of esters is 1.